The van der Waals surface area contributed by atoms with Crippen molar-refractivity contribution in [2.24, 2.45) is 0 Å². The third-order valence-corrected chi connectivity index (χ3v) is 1.86. The molecule has 4 heteroatoms. The minimum Gasteiger partial charge on any atom is -0.487 e. The molecule has 0 unspecified atom stereocenters. The fourth-order valence-electron chi connectivity index (χ4n) is 1.09. The van der Waals surface area contributed by atoms with E-state index in [9.17, 15) is 4.79 Å². The maximum Gasteiger partial charge on any atom is 0.339 e. The topological polar surface area (TPSA) is 46.5 Å². The average Bonchev–Trinajstić information content (AvgIpc) is 2.15. The number of ether oxygens (including phenoxy) is 1. The molecule has 1 aromatic rings. The second-order valence-corrected chi connectivity index (χ2v) is 3.65. The molecule has 0 spiro atoms. The van der Waals surface area contributed by atoms with Crippen molar-refractivity contribution >= 4 is 17.6 Å². The van der Waals surface area contributed by atoms with E-state index in [2.05, 4.69) is 6.58 Å². The Labute approximate surface area is 92.9 Å². The Morgan fingerprint density at radius 2 is 2.27 bits per heavy atom. The number of carboxylic acid groups (broad SMARTS) is 1. The normalized spacial score (nSPS) is 9.73. The van der Waals surface area contributed by atoms with Gasteiger partial charge in [-0.2, -0.15) is 0 Å². The first-order valence-electron chi connectivity index (χ1n) is 4.30. The third-order valence-electron chi connectivity index (χ3n) is 1.75. The van der Waals surface area contributed by atoms with Crippen LogP contribution in [0, 0.1) is 6.92 Å². The first kappa shape index (κ1) is 11.6. The van der Waals surface area contributed by atoms with Crippen LogP contribution in [0.5, 0.6) is 5.75 Å². The van der Waals surface area contributed by atoms with Crippen molar-refractivity contribution in [2.45, 2.75) is 6.92 Å². The van der Waals surface area contributed by atoms with E-state index in [-0.39, 0.29) is 12.2 Å². The Balaban J connectivity index is 2.95. The molecule has 0 aliphatic rings. The van der Waals surface area contributed by atoms with Crippen LogP contribution in [-0.2, 0) is 0 Å². The summed E-state index contributed by atoms with van der Waals surface area (Å²) in [5.74, 6) is -0.719. The van der Waals surface area contributed by atoms with E-state index in [1.807, 2.05) is 6.92 Å². The predicted octanol–water partition coefficient (Wildman–Crippen LogP) is 2.82. The fraction of sp³-hybridized carbons (Fsp3) is 0.182. The molecule has 1 rings (SSSR count). The molecule has 15 heavy (non-hydrogen) atoms. The molecule has 0 saturated heterocycles. The molecule has 1 aromatic carbocycles. The summed E-state index contributed by atoms with van der Waals surface area (Å²) in [5, 5.41) is 9.25. The summed E-state index contributed by atoms with van der Waals surface area (Å²) in [6, 6.07) is 4.94. The Bertz CT molecular complexity index is 399. The summed E-state index contributed by atoms with van der Waals surface area (Å²) < 4.78 is 5.20. The molecule has 0 aromatic heterocycles. The quantitative estimate of drug-likeness (QED) is 0.859. The molecular weight excluding hydrogens is 216 g/mol. The number of hydrogen-bond acceptors (Lipinski definition) is 2. The van der Waals surface area contributed by atoms with Crippen molar-refractivity contribution < 1.29 is 14.6 Å². The van der Waals surface area contributed by atoms with Crippen LogP contribution in [-0.4, -0.2) is 17.7 Å². The van der Waals surface area contributed by atoms with E-state index in [4.69, 9.17) is 21.4 Å². The Kier molecular flexibility index (Phi) is 3.74. The molecule has 3 nitrogen and oxygen atoms in total. The first-order valence-corrected chi connectivity index (χ1v) is 4.68. The average molecular weight is 227 g/mol. The number of benzene rings is 1. The van der Waals surface area contributed by atoms with Gasteiger partial charge < -0.3 is 9.84 Å². The predicted molar refractivity (Wildman–Crippen MR) is 58.6 cm³/mol. The lowest BCUT2D eigenvalue weighted by molar-refractivity contribution is 0.0692. The maximum atomic E-state index is 10.9. The van der Waals surface area contributed by atoms with Crippen LogP contribution in [0.1, 0.15) is 15.9 Å². The van der Waals surface area contributed by atoms with Crippen molar-refractivity contribution in [3.63, 3.8) is 0 Å². The molecule has 1 N–H and O–H groups in total. The molecule has 80 valence electrons. The molecule has 0 aliphatic heterocycles. The van der Waals surface area contributed by atoms with Crippen molar-refractivity contribution in [3.05, 3.63) is 40.9 Å². The van der Waals surface area contributed by atoms with Gasteiger partial charge in [0.2, 0.25) is 0 Å². The molecule has 0 radical (unpaired) electrons. The smallest absolute Gasteiger partial charge is 0.339 e. The molecule has 0 fully saturated rings. The third kappa shape index (κ3) is 3.29. The van der Waals surface area contributed by atoms with Crippen LogP contribution in [0.2, 0.25) is 0 Å². The highest BCUT2D eigenvalue weighted by molar-refractivity contribution is 6.29. The number of carboxylic acids is 1. The van der Waals surface area contributed by atoms with E-state index in [0.29, 0.717) is 10.8 Å². The Morgan fingerprint density at radius 1 is 1.60 bits per heavy atom. The SMILES string of the molecule is C=C(Cl)COc1ccc(C)cc1C(=O)O. The minimum absolute atomic E-state index is 0.102. The summed E-state index contributed by atoms with van der Waals surface area (Å²) in [5.41, 5.74) is 0.998. The molecule has 0 aliphatic carbocycles. The van der Waals surface area contributed by atoms with Gasteiger partial charge in [-0.05, 0) is 19.1 Å². The van der Waals surface area contributed by atoms with E-state index >= 15 is 0 Å². The monoisotopic (exact) mass is 226 g/mol. The highest BCUT2D eigenvalue weighted by Crippen LogP contribution is 2.20. The largest absolute Gasteiger partial charge is 0.487 e. The lowest BCUT2D eigenvalue weighted by atomic mass is 10.1. The standard InChI is InChI=1S/C11H11ClO3/c1-7-3-4-10(15-6-8(2)12)9(5-7)11(13)14/h3-5H,2,6H2,1H3,(H,13,14). The van der Waals surface area contributed by atoms with Gasteiger partial charge >= 0.3 is 5.97 Å². The number of carbonyl (C=O) groups is 1. The van der Waals surface area contributed by atoms with E-state index in [0.717, 1.165) is 5.56 Å². The van der Waals surface area contributed by atoms with Gasteiger partial charge in [0.15, 0.2) is 0 Å². The highest BCUT2D eigenvalue weighted by Gasteiger charge is 2.11. The summed E-state index contributed by atoms with van der Waals surface area (Å²) in [7, 11) is 0. The van der Waals surface area contributed by atoms with Crippen LogP contribution >= 0.6 is 11.6 Å². The number of aryl methyl sites for hydroxylation is 1. The van der Waals surface area contributed by atoms with E-state index in [1.165, 1.54) is 0 Å². The molecular formula is C11H11ClO3. The molecule has 0 saturated carbocycles. The zero-order valence-corrected chi connectivity index (χ0v) is 9.04. The molecule has 0 amide bonds. The first-order chi connectivity index (χ1) is 7.00. The van der Waals surface area contributed by atoms with E-state index < -0.39 is 5.97 Å². The van der Waals surface area contributed by atoms with Crippen LogP contribution in [0.4, 0.5) is 0 Å². The number of hydrogen-bond donors (Lipinski definition) is 1. The van der Waals surface area contributed by atoms with Crippen molar-refractivity contribution in [1.82, 2.24) is 0 Å². The minimum atomic E-state index is -1.02. The van der Waals surface area contributed by atoms with Crippen molar-refractivity contribution in [1.29, 1.82) is 0 Å². The van der Waals surface area contributed by atoms with Crippen molar-refractivity contribution in [3.8, 4) is 5.75 Å². The van der Waals surface area contributed by atoms with Crippen LogP contribution in [0.3, 0.4) is 0 Å². The van der Waals surface area contributed by atoms with Crippen LogP contribution in [0.15, 0.2) is 29.8 Å². The summed E-state index contributed by atoms with van der Waals surface area (Å²) in [6.45, 7) is 5.37. The number of aromatic carboxylic acids is 1. The van der Waals surface area contributed by atoms with Crippen LogP contribution < -0.4 is 4.74 Å². The van der Waals surface area contributed by atoms with Gasteiger partial charge in [-0.1, -0.05) is 29.8 Å². The zero-order valence-electron chi connectivity index (χ0n) is 8.29. The number of rotatable bonds is 4. The maximum absolute atomic E-state index is 10.9. The van der Waals surface area contributed by atoms with Gasteiger partial charge in [0.05, 0.1) is 0 Å². The second-order valence-electron chi connectivity index (χ2n) is 3.11. The zero-order chi connectivity index (χ0) is 11.4. The Hall–Kier alpha value is -1.48. The summed E-state index contributed by atoms with van der Waals surface area (Å²) in [4.78, 5) is 10.9. The highest BCUT2D eigenvalue weighted by atomic mass is 35.5. The van der Waals surface area contributed by atoms with Gasteiger partial charge in [0.25, 0.3) is 0 Å². The second kappa shape index (κ2) is 4.84. The lowest BCUT2D eigenvalue weighted by Crippen LogP contribution is -2.04. The van der Waals surface area contributed by atoms with Crippen LogP contribution in [0.25, 0.3) is 0 Å². The summed E-state index contributed by atoms with van der Waals surface area (Å²) >= 11 is 5.52. The van der Waals surface area contributed by atoms with Gasteiger partial charge in [-0.3, -0.25) is 0 Å². The molecule has 0 bridgehead atoms. The lowest BCUT2D eigenvalue weighted by Gasteiger charge is -2.08. The summed E-state index contributed by atoms with van der Waals surface area (Å²) in [6.07, 6.45) is 0. The van der Waals surface area contributed by atoms with Gasteiger partial charge in [-0.15, -0.1) is 0 Å². The molecule has 0 heterocycles. The number of halogens is 1. The van der Waals surface area contributed by atoms with Gasteiger partial charge in [0, 0.05) is 5.03 Å². The fourth-order valence-corrected chi connectivity index (χ4v) is 1.15. The van der Waals surface area contributed by atoms with Gasteiger partial charge in [0.1, 0.15) is 17.9 Å². The Morgan fingerprint density at radius 3 is 2.80 bits per heavy atom. The van der Waals surface area contributed by atoms with Crippen molar-refractivity contribution in [2.75, 3.05) is 6.61 Å². The van der Waals surface area contributed by atoms with E-state index in [1.54, 1.807) is 18.2 Å². The molecule has 0 atom stereocenters. The van der Waals surface area contributed by atoms with Gasteiger partial charge in [-0.25, -0.2) is 4.79 Å².